The fourth-order valence-electron chi connectivity index (χ4n) is 2.32. The lowest BCUT2D eigenvalue weighted by Crippen LogP contribution is -2.32. The highest BCUT2D eigenvalue weighted by Crippen LogP contribution is 2.28. The van der Waals surface area contributed by atoms with Crippen molar-refractivity contribution in [2.24, 2.45) is 0 Å². The van der Waals surface area contributed by atoms with Gasteiger partial charge in [-0.3, -0.25) is 0 Å². The Bertz CT molecular complexity index is 387. The van der Waals surface area contributed by atoms with Gasteiger partial charge in [-0.25, -0.2) is 0 Å². The third kappa shape index (κ3) is 3.59. The second-order valence-electron chi connectivity index (χ2n) is 4.75. The van der Waals surface area contributed by atoms with Crippen LogP contribution in [-0.4, -0.2) is 23.8 Å². The van der Waals surface area contributed by atoms with Gasteiger partial charge in [0.25, 0.3) is 0 Å². The molecule has 1 atom stereocenters. The second kappa shape index (κ2) is 5.57. The minimum Gasteiger partial charge on any atom is -0.389 e. The summed E-state index contributed by atoms with van der Waals surface area (Å²) in [6, 6.07) is 5.57. The smallest absolute Gasteiger partial charge is 0.0700 e. The van der Waals surface area contributed by atoms with Crippen molar-refractivity contribution in [3.8, 4) is 0 Å². The van der Waals surface area contributed by atoms with E-state index in [2.05, 4.69) is 5.32 Å². The van der Waals surface area contributed by atoms with Crippen LogP contribution in [0.4, 0.5) is 0 Å². The van der Waals surface area contributed by atoms with Gasteiger partial charge in [-0.05, 0) is 50.0 Å². The Balaban J connectivity index is 2.10. The lowest BCUT2D eigenvalue weighted by Gasteiger charge is -2.26. The van der Waals surface area contributed by atoms with Crippen molar-refractivity contribution in [3.63, 3.8) is 0 Å². The molecule has 94 valence electrons. The van der Waals surface area contributed by atoms with Gasteiger partial charge in [-0.15, -0.1) is 0 Å². The first-order valence-electron chi connectivity index (χ1n) is 5.96. The SMILES string of the molecule is OC1(Cc2ccc(Cl)c(Cl)c2)CCCNCC1. The van der Waals surface area contributed by atoms with Crippen molar-refractivity contribution in [1.82, 2.24) is 5.32 Å². The summed E-state index contributed by atoms with van der Waals surface area (Å²) in [5.74, 6) is 0. The van der Waals surface area contributed by atoms with Crippen LogP contribution >= 0.6 is 23.2 Å². The van der Waals surface area contributed by atoms with Crippen molar-refractivity contribution in [1.29, 1.82) is 0 Å². The molecule has 4 heteroatoms. The Kier molecular flexibility index (Phi) is 4.31. The molecule has 1 aliphatic heterocycles. The van der Waals surface area contributed by atoms with Crippen LogP contribution in [0, 0.1) is 0 Å². The number of hydrogen-bond acceptors (Lipinski definition) is 2. The van der Waals surface area contributed by atoms with Crippen LogP contribution in [-0.2, 0) is 6.42 Å². The van der Waals surface area contributed by atoms with Gasteiger partial charge in [0.05, 0.1) is 15.6 Å². The zero-order valence-corrected chi connectivity index (χ0v) is 11.2. The molecular weight excluding hydrogens is 257 g/mol. The van der Waals surface area contributed by atoms with Gasteiger partial charge in [0.2, 0.25) is 0 Å². The molecule has 2 rings (SSSR count). The van der Waals surface area contributed by atoms with Crippen LogP contribution in [0.2, 0.25) is 10.0 Å². The fraction of sp³-hybridized carbons (Fsp3) is 0.538. The molecule has 1 fully saturated rings. The van der Waals surface area contributed by atoms with Crippen molar-refractivity contribution >= 4 is 23.2 Å². The van der Waals surface area contributed by atoms with Crippen LogP contribution in [0.1, 0.15) is 24.8 Å². The van der Waals surface area contributed by atoms with Gasteiger partial charge in [0.15, 0.2) is 0 Å². The van der Waals surface area contributed by atoms with Crippen molar-refractivity contribution in [2.45, 2.75) is 31.3 Å². The zero-order chi connectivity index (χ0) is 12.3. The molecule has 0 bridgehead atoms. The average molecular weight is 274 g/mol. The van der Waals surface area contributed by atoms with Gasteiger partial charge in [0, 0.05) is 6.42 Å². The molecule has 0 amide bonds. The molecule has 1 heterocycles. The molecule has 0 aliphatic carbocycles. The van der Waals surface area contributed by atoms with E-state index in [-0.39, 0.29) is 0 Å². The molecule has 2 nitrogen and oxygen atoms in total. The summed E-state index contributed by atoms with van der Waals surface area (Å²) in [5.41, 5.74) is 0.435. The van der Waals surface area contributed by atoms with Crippen LogP contribution < -0.4 is 5.32 Å². The lowest BCUT2D eigenvalue weighted by molar-refractivity contribution is 0.0285. The molecule has 1 unspecified atom stereocenters. The van der Waals surface area contributed by atoms with E-state index in [1.54, 1.807) is 6.07 Å². The van der Waals surface area contributed by atoms with E-state index < -0.39 is 5.60 Å². The Labute approximate surface area is 112 Å². The van der Waals surface area contributed by atoms with Crippen molar-refractivity contribution in [3.05, 3.63) is 33.8 Å². The zero-order valence-electron chi connectivity index (χ0n) is 9.68. The number of halogens is 2. The van der Waals surface area contributed by atoms with E-state index >= 15 is 0 Å². The van der Waals surface area contributed by atoms with Gasteiger partial charge in [-0.1, -0.05) is 29.3 Å². The summed E-state index contributed by atoms with van der Waals surface area (Å²) in [7, 11) is 0. The molecule has 2 N–H and O–H groups in total. The normalized spacial score (nSPS) is 25.6. The highest BCUT2D eigenvalue weighted by atomic mass is 35.5. The topological polar surface area (TPSA) is 32.3 Å². The molecular formula is C13H17Cl2NO. The second-order valence-corrected chi connectivity index (χ2v) is 5.57. The molecule has 0 spiro atoms. The van der Waals surface area contributed by atoms with Gasteiger partial charge in [0.1, 0.15) is 0 Å². The minimum absolute atomic E-state index is 0.555. The molecule has 0 radical (unpaired) electrons. The Morgan fingerprint density at radius 2 is 2.00 bits per heavy atom. The summed E-state index contributed by atoms with van der Waals surface area (Å²) < 4.78 is 0. The molecule has 1 aromatic rings. The maximum absolute atomic E-state index is 10.5. The first-order valence-corrected chi connectivity index (χ1v) is 6.72. The number of rotatable bonds is 2. The number of aliphatic hydroxyl groups is 1. The summed E-state index contributed by atoms with van der Waals surface area (Å²) in [4.78, 5) is 0. The van der Waals surface area contributed by atoms with E-state index in [0.29, 0.717) is 16.5 Å². The molecule has 17 heavy (non-hydrogen) atoms. The van der Waals surface area contributed by atoms with Crippen LogP contribution in [0.3, 0.4) is 0 Å². The first kappa shape index (κ1) is 13.2. The maximum Gasteiger partial charge on any atom is 0.0700 e. The van der Waals surface area contributed by atoms with Crippen LogP contribution in [0.15, 0.2) is 18.2 Å². The third-order valence-corrected chi connectivity index (χ3v) is 4.02. The molecule has 1 saturated heterocycles. The number of benzene rings is 1. The Morgan fingerprint density at radius 3 is 2.76 bits per heavy atom. The molecule has 0 aromatic heterocycles. The fourth-order valence-corrected chi connectivity index (χ4v) is 2.64. The third-order valence-electron chi connectivity index (χ3n) is 3.28. The average Bonchev–Trinajstić information content (AvgIpc) is 2.49. The standard InChI is InChI=1S/C13H17Cl2NO/c14-11-3-2-10(8-12(11)15)9-13(17)4-1-6-16-7-5-13/h2-3,8,16-17H,1,4-7,9H2. The summed E-state index contributed by atoms with van der Waals surface area (Å²) in [6.45, 7) is 1.86. The highest BCUT2D eigenvalue weighted by molar-refractivity contribution is 6.42. The minimum atomic E-state index is -0.610. The van der Waals surface area contributed by atoms with E-state index in [4.69, 9.17) is 23.2 Å². The monoisotopic (exact) mass is 273 g/mol. The van der Waals surface area contributed by atoms with E-state index in [1.165, 1.54) is 0 Å². The van der Waals surface area contributed by atoms with E-state index in [0.717, 1.165) is 37.9 Å². The predicted octanol–water partition coefficient (Wildman–Crippen LogP) is 3.04. The van der Waals surface area contributed by atoms with Crippen molar-refractivity contribution < 1.29 is 5.11 Å². The predicted molar refractivity (Wildman–Crippen MR) is 71.8 cm³/mol. The summed E-state index contributed by atoms with van der Waals surface area (Å²) in [5, 5.41) is 15.0. The number of nitrogens with one attached hydrogen (secondary N) is 1. The highest BCUT2D eigenvalue weighted by Gasteiger charge is 2.28. The molecule has 0 saturated carbocycles. The molecule has 1 aromatic carbocycles. The Morgan fingerprint density at radius 1 is 1.18 bits per heavy atom. The Hall–Kier alpha value is -0.280. The maximum atomic E-state index is 10.5. The van der Waals surface area contributed by atoms with Gasteiger partial charge < -0.3 is 10.4 Å². The van der Waals surface area contributed by atoms with Gasteiger partial charge in [-0.2, -0.15) is 0 Å². The molecule has 1 aliphatic rings. The summed E-state index contributed by atoms with van der Waals surface area (Å²) >= 11 is 11.9. The van der Waals surface area contributed by atoms with Crippen LogP contribution in [0.25, 0.3) is 0 Å². The first-order chi connectivity index (χ1) is 8.09. The van der Waals surface area contributed by atoms with Crippen LogP contribution in [0.5, 0.6) is 0 Å². The summed E-state index contributed by atoms with van der Waals surface area (Å²) in [6.07, 6.45) is 3.27. The van der Waals surface area contributed by atoms with Gasteiger partial charge >= 0.3 is 0 Å². The number of hydrogen-bond donors (Lipinski definition) is 2. The quantitative estimate of drug-likeness (QED) is 0.868. The largest absolute Gasteiger partial charge is 0.389 e. The van der Waals surface area contributed by atoms with Crippen molar-refractivity contribution in [2.75, 3.05) is 13.1 Å². The lowest BCUT2D eigenvalue weighted by atomic mass is 9.88. The van der Waals surface area contributed by atoms with E-state index in [9.17, 15) is 5.11 Å². The van der Waals surface area contributed by atoms with E-state index in [1.807, 2.05) is 12.1 Å².